The number of carbonyl (C=O) groups excluding carboxylic acids is 3. The van der Waals surface area contributed by atoms with Gasteiger partial charge in [-0.3, -0.25) is 14.4 Å². The van der Waals surface area contributed by atoms with Crippen molar-refractivity contribution in [3.63, 3.8) is 0 Å². The number of carbonyl (C=O) groups is 3. The summed E-state index contributed by atoms with van der Waals surface area (Å²) in [5, 5.41) is 2.85. The van der Waals surface area contributed by atoms with Crippen molar-refractivity contribution in [2.24, 2.45) is 17.8 Å². The molecule has 0 fully saturated rings. The van der Waals surface area contributed by atoms with Gasteiger partial charge in [0.2, 0.25) is 5.91 Å². The van der Waals surface area contributed by atoms with Crippen LogP contribution in [0.1, 0.15) is 74.7 Å². The van der Waals surface area contributed by atoms with E-state index in [1.807, 2.05) is 55.4 Å². The highest BCUT2D eigenvalue weighted by molar-refractivity contribution is 5.89. The Balaban J connectivity index is -0.000000146. The Bertz CT molecular complexity index is 400. The molecule has 0 saturated heterocycles. The number of hydrogen-bond donors (Lipinski definition) is 1. The fourth-order valence-corrected chi connectivity index (χ4v) is 1.58. The lowest BCUT2D eigenvalue weighted by Gasteiger charge is -2.11. The van der Waals surface area contributed by atoms with Crippen LogP contribution in [0.3, 0.4) is 0 Å². The molecule has 5 heteroatoms. The van der Waals surface area contributed by atoms with Gasteiger partial charge in [-0.1, -0.05) is 54.7 Å². The molecular formula is C22H43NO4. The van der Waals surface area contributed by atoms with Gasteiger partial charge in [0.05, 0.1) is 0 Å². The van der Waals surface area contributed by atoms with Gasteiger partial charge < -0.3 is 10.8 Å². The molecule has 27 heavy (non-hydrogen) atoms. The summed E-state index contributed by atoms with van der Waals surface area (Å²) in [4.78, 5) is 32.1. The van der Waals surface area contributed by atoms with E-state index < -0.39 is 0 Å². The fraction of sp³-hybridized carbons (Fsp3) is 0.682. The highest BCUT2D eigenvalue weighted by Crippen LogP contribution is 2.00. The molecule has 0 aliphatic heterocycles. The number of nitrogens with one attached hydrogen (secondary N) is 1. The van der Waals surface area contributed by atoms with Crippen LogP contribution in [0.15, 0.2) is 25.3 Å². The fourth-order valence-electron chi connectivity index (χ4n) is 1.58. The Hall–Kier alpha value is -1.75. The van der Waals surface area contributed by atoms with E-state index in [0.29, 0.717) is 24.7 Å². The molecule has 0 saturated carbocycles. The molecule has 0 radical (unpaired) electrons. The summed E-state index contributed by atoms with van der Waals surface area (Å²) in [6, 6.07) is 0.265. The van der Waals surface area contributed by atoms with Crippen LogP contribution in [0.25, 0.3) is 0 Å². The summed E-state index contributed by atoms with van der Waals surface area (Å²) in [6.45, 7) is 22.7. The van der Waals surface area contributed by atoms with Crippen LogP contribution < -0.4 is 5.32 Å². The van der Waals surface area contributed by atoms with E-state index in [4.69, 9.17) is 0 Å². The van der Waals surface area contributed by atoms with Crippen LogP contribution in [0.2, 0.25) is 0 Å². The molecule has 0 aromatic carbocycles. The lowest BCUT2D eigenvalue weighted by Crippen LogP contribution is -2.34. The third kappa shape index (κ3) is 29.3. The third-order valence-corrected chi connectivity index (χ3v) is 3.17. The predicted molar refractivity (Wildman–Crippen MR) is 116 cm³/mol. The molecule has 0 bridgehead atoms. The first-order valence-corrected chi connectivity index (χ1v) is 9.51. The average molecular weight is 386 g/mol. The molecule has 3 N–H and O–H groups in total. The average Bonchev–Trinajstić information content (AvgIpc) is 2.53. The first-order chi connectivity index (χ1) is 11.9. The van der Waals surface area contributed by atoms with Gasteiger partial charge in [0.25, 0.3) is 0 Å². The molecule has 1 atom stereocenters. The molecule has 0 heterocycles. The Morgan fingerprint density at radius 3 is 1.30 bits per heavy atom. The van der Waals surface area contributed by atoms with Gasteiger partial charge in [0.1, 0.15) is 0 Å². The lowest BCUT2D eigenvalue weighted by atomic mass is 10.1. The molecule has 1 unspecified atom stereocenters. The summed E-state index contributed by atoms with van der Waals surface area (Å²) < 4.78 is 0. The second-order valence-corrected chi connectivity index (χ2v) is 7.51. The first-order valence-electron chi connectivity index (χ1n) is 9.51. The first kappa shape index (κ1) is 32.9. The maximum absolute atomic E-state index is 11.1. The zero-order valence-electron chi connectivity index (χ0n) is 18.7. The number of rotatable bonds is 9. The van der Waals surface area contributed by atoms with Crippen LogP contribution in [0, 0.1) is 17.8 Å². The standard InChI is InChI=1S/C8H17NO.2C7H12O.H2O/c1-5-7(4)8(10)9-6(2)3;2*1-4-7(8)5-6(2)3;/h6-7H,5H2,1-4H3,(H,9,10);2*4,6H,1,5H2,2-3H3;1H2. The summed E-state index contributed by atoms with van der Waals surface area (Å²) in [5.74, 6) is 1.51. The number of ketones is 2. The molecule has 160 valence electrons. The molecule has 5 nitrogen and oxygen atoms in total. The minimum atomic E-state index is 0. The van der Waals surface area contributed by atoms with Crippen molar-refractivity contribution in [2.45, 2.75) is 80.7 Å². The molecule has 0 rings (SSSR count). The Kier molecular flexibility index (Phi) is 25.0. The van der Waals surface area contributed by atoms with Crippen molar-refractivity contribution in [2.75, 3.05) is 0 Å². The Morgan fingerprint density at radius 2 is 1.15 bits per heavy atom. The summed E-state index contributed by atoms with van der Waals surface area (Å²) in [7, 11) is 0. The second kappa shape index (κ2) is 20.6. The quantitative estimate of drug-likeness (QED) is 0.599. The van der Waals surface area contributed by atoms with Crippen molar-refractivity contribution >= 4 is 17.5 Å². The maximum Gasteiger partial charge on any atom is 0.223 e. The molecule has 0 aromatic rings. The largest absolute Gasteiger partial charge is 0.412 e. The van der Waals surface area contributed by atoms with Gasteiger partial charge in [-0.05, 0) is 44.3 Å². The molecule has 1 amide bonds. The predicted octanol–water partition coefficient (Wildman–Crippen LogP) is 4.31. The molecule has 0 aliphatic carbocycles. The third-order valence-electron chi connectivity index (χ3n) is 3.17. The van der Waals surface area contributed by atoms with Crippen LogP contribution >= 0.6 is 0 Å². The van der Waals surface area contributed by atoms with Crippen molar-refractivity contribution in [1.82, 2.24) is 5.32 Å². The van der Waals surface area contributed by atoms with Crippen LogP contribution in [0.4, 0.5) is 0 Å². The molecule has 0 aliphatic rings. The van der Waals surface area contributed by atoms with Crippen LogP contribution in [-0.2, 0) is 14.4 Å². The lowest BCUT2D eigenvalue weighted by molar-refractivity contribution is -0.125. The second-order valence-electron chi connectivity index (χ2n) is 7.51. The summed E-state index contributed by atoms with van der Waals surface area (Å²) in [5.41, 5.74) is 0. The van der Waals surface area contributed by atoms with E-state index in [9.17, 15) is 14.4 Å². The summed E-state index contributed by atoms with van der Waals surface area (Å²) >= 11 is 0. The monoisotopic (exact) mass is 385 g/mol. The Morgan fingerprint density at radius 1 is 0.815 bits per heavy atom. The maximum atomic E-state index is 11.1. The van der Waals surface area contributed by atoms with Crippen molar-refractivity contribution in [3.8, 4) is 0 Å². The normalized spacial score (nSPS) is 10.5. The van der Waals surface area contributed by atoms with Gasteiger partial charge in [-0.2, -0.15) is 0 Å². The molecule has 0 spiro atoms. The SMILES string of the molecule is C=CC(=O)CC(C)C.C=CC(=O)CC(C)C.CCC(C)C(=O)NC(C)C.O. The van der Waals surface area contributed by atoms with Gasteiger partial charge in [-0.25, -0.2) is 0 Å². The minimum absolute atomic E-state index is 0. The van der Waals surface area contributed by atoms with E-state index in [0.717, 1.165) is 6.42 Å². The van der Waals surface area contributed by atoms with E-state index in [2.05, 4.69) is 18.5 Å². The van der Waals surface area contributed by atoms with Crippen molar-refractivity contribution < 1.29 is 19.9 Å². The van der Waals surface area contributed by atoms with Crippen molar-refractivity contribution in [3.05, 3.63) is 25.3 Å². The van der Waals surface area contributed by atoms with E-state index in [-0.39, 0.29) is 34.9 Å². The molecule has 0 aromatic heterocycles. The Labute approximate surface area is 167 Å². The highest BCUT2D eigenvalue weighted by Gasteiger charge is 2.09. The molecular weight excluding hydrogens is 342 g/mol. The zero-order valence-corrected chi connectivity index (χ0v) is 18.7. The number of amides is 1. The van der Waals surface area contributed by atoms with E-state index in [1.54, 1.807) is 0 Å². The van der Waals surface area contributed by atoms with Gasteiger partial charge in [-0.15, -0.1) is 0 Å². The van der Waals surface area contributed by atoms with Gasteiger partial charge >= 0.3 is 0 Å². The van der Waals surface area contributed by atoms with Gasteiger partial charge in [0, 0.05) is 24.8 Å². The highest BCUT2D eigenvalue weighted by atomic mass is 16.2. The van der Waals surface area contributed by atoms with E-state index >= 15 is 0 Å². The van der Waals surface area contributed by atoms with Crippen LogP contribution in [-0.4, -0.2) is 29.0 Å². The summed E-state index contributed by atoms with van der Waals surface area (Å²) in [6.07, 6.45) is 4.92. The zero-order chi connectivity index (χ0) is 21.3. The van der Waals surface area contributed by atoms with Crippen LogP contribution in [0.5, 0.6) is 0 Å². The topological polar surface area (TPSA) is 94.7 Å². The van der Waals surface area contributed by atoms with Gasteiger partial charge in [0.15, 0.2) is 11.6 Å². The number of allylic oxidation sites excluding steroid dienone is 2. The van der Waals surface area contributed by atoms with E-state index in [1.165, 1.54) is 12.2 Å². The van der Waals surface area contributed by atoms with Crippen molar-refractivity contribution in [1.29, 1.82) is 0 Å². The number of hydrogen-bond acceptors (Lipinski definition) is 3. The smallest absolute Gasteiger partial charge is 0.223 e. The minimum Gasteiger partial charge on any atom is -0.412 e.